The Morgan fingerprint density at radius 1 is 1.03 bits per heavy atom. The van der Waals surface area contributed by atoms with Crippen molar-refractivity contribution in [2.24, 2.45) is 0 Å². The van der Waals surface area contributed by atoms with E-state index in [-0.39, 0.29) is 17.4 Å². The molecule has 1 aliphatic heterocycles. The first kappa shape index (κ1) is 24.4. The standard InChI is InChI=1S/C27H33NO5/c1-5-7-15-28-24(20-9-8-10-22(17-20)32-16-6-2)23(26(30)27(28)31)25(29)19-11-13-21(14-12-19)33-18(3)4/h8-14,17-18,24,29H,5-7,15-16H2,1-4H3/b25-23-. The van der Waals surface area contributed by atoms with Crippen LogP contribution >= 0.6 is 0 Å². The van der Waals surface area contributed by atoms with E-state index in [0.29, 0.717) is 30.2 Å². The number of ketones is 1. The molecule has 0 radical (unpaired) electrons. The number of hydrogen-bond acceptors (Lipinski definition) is 5. The van der Waals surface area contributed by atoms with Crippen molar-refractivity contribution in [2.75, 3.05) is 13.2 Å². The number of likely N-dealkylation sites (tertiary alicyclic amines) is 1. The second kappa shape index (κ2) is 11.0. The maximum Gasteiger partial charge on any atom is 0.295 e. The third-order valence-corrected chi connectivity index (χ3v) is 5.44. The van der Waals surface area contributed by atoms with Crippen LogP contribution in [-0.4, -0.2) is 41.0 Å². The molecule has 33 heavy (non-hydrogen) atoms. The molecule has 0 aromatic heterocycles. The van der Waals surface area contributed by atoms with Crippen LogP contribution in [0.2, 0.25) is 0 Å². The van der Waals surface area contributed by atoms with Gasteiger partial charge in [-0.1, -0.05) is 32.4 Å². The molecule has 1 unspecified atom stereocenters. The number of rotatable bonds is 10. The maximum absolute atomic E-state index is 13.1. The number of carbonyl (C=O) groups excluding carboxylic acids is 2. The average Bonchev–Trinajstić information content (AvgIpc) is 3.06. The summed E-state index contributed by atoms with van der Waals surface area (Å²) in [6.07, 6.45) is 2.54. The van der Waals surface area contributed by atoms with Crippen LogP contribution in [-0.2, 0) is 9.59 Å². The number of amides is 1. The van der Waals surface area contributed by atoms with Gasteiger partial charge in [-0.3, -0.25) is 9.59 Å². The van der Waals surface area contributed by atoms with Gasteiger partial charge in [-0.2, -0.15) is 0 Å². The summed E-state index contributed by atoms with van der Waals surface area (Å²) in [6, 6.07) is 13.6. The first-order valence-electron chi connectivity index (χ1n) is 11.7. The average molecular weight is 452 g/mol. The number of hydrogen-bond donors (Lipinski definition) is 1. The fraction of sp³-hybridized carbons (Fsp3) is 0.407. The van der Waals surface area contributed by atoms with Crippen LogP contribution < -0.4 is 9.47 Å². The summed E-state index contributed by atoms with van der Waals surface area (Å²) in [6.45, 7) is 8.94. The molecule has 0 aliphatic carbocycles. The minimum Gasteiger partial charge on any atom is -0.507 e. The summed E-state index contributed by atoms with van der Waals surface area (Å²) < 4.78 is 11.4. The zero-order valence-electron chi connectivity index (χ0n) is 19.8. The molecule has 1 aliphatic rings. The van der Waals surface area contributed by atoms with Crippen LogP contribution in [0.3, 0.4) is 0 Å². The van der Waals surface area contributed by atoms with Gasteiger partial charge in [0.05, 0.1) is 24.3 Å². The fourth-order valence-electron chi connectivity index (χ4n) is 3.90. The highest BCUT2D eigenvalue weighted by Crippen LogP contribution is 2.40. The molecule has 0 spiro atoms. The minimum absolute atomic E-state index is 0.0236. The molecule has 1 N–H and O–H groups in total. The third-order valence-electron chi connectivity index (χ3n) is 5.44. The van der Waals surface area contributed by atoms with E-state index in [9.17, 15) is 14.7 Å². The normalized spacial score (nSPS) is 17.6. The van der Waals surface area contributed by atoms with E-state index in [1.54, 1.807) is 29.2 Å². The van der Waals surface area contributed by atoms with Gasteiger partial charge in [0.25, 0.3) is 11.7 Å². The van der Waals surface area contributed by atoms with Gasteiger partial charge in [0.1, 0.15) is 17.3 Å². The molecule has 1 fully saturated rings. The number of carbonyl (C=O) groups is 2. The summed E-state index contributed by atoms with van der Waals surface area (Å²) in [7, 11) is 0. The monoisotopic (exact) mass is 451 g/mol. The van der Waals surface area contributed by atoms with Crippen LogP contribution in [0, 0.1) is 0 Å². The molecule has 0 bridgehead atoms. The topological polar surface area (TPSA) is 76.1 Å². The van der Waals surface area contributed by atoms with Gasteiger partial charge >= 0.3 is 0 Å². The van der Waals surface area contributed by atoms with Crippen LogP contribution in [0.1, 0.15) is 64.1 Å². The minimum atomic E-state index is -0.673. The zero-order valence-corrected chi connectivity index (χ0v) is 19.8. The lowest BCUT2D eigenvalue weighted by Gasteiger charge is -2.25. The first-order valence-corrected chi connectivity index (χ1v) is 11.7. The molecule has 3 rings (SSSR count). The molecular weight excluding hydrogens is 418 g/mol. The number of benzene rings is 2. The predicted octanol–water partition coefficient (Wildman–Crippen LogP) is 5.48. The second-order valence-corrected chi connectivity index (χ2v) is 8.46. The molecule has 6 heteroatoms. The van der Waals surface area contributed by atoms with Crippen LogP contribution in [0.15, 0.2) is 54.1 Å². The van der Waals surface area contributed by atoms with E-state index in [4.69, 9.17) is 9.47 Å². The SMILES string of the molecule is CCCCN1C(=O)C(=O)/C(=C(\O)c2ccc(OC(C)C)cc2)C1c1cccc(OCCC)c1. The Balaban J connectivity index is 2.06. The van der Waals surface area contributed by atoms with Gasteiger partial charge in [0.2, 0.25) is 0 Å². The van der Waals surface area contributed by atoms with E-state index < -0.39 is 17.7 Å². The molecule has 1 amide bonds. The quantitative estimate of drug-likeness (QED) is 0.294. The second-order valence-electron chi connectivity index (χ2n) is 8.46. The Hall–Kier alpha value is -3.28. The van der Waals surface area contributed by atoms with Crippen LogP contribution in [0.25, 0.3) is 5.76 Å². The Morgan fingerprint density at radius 3 is 2.39 bits per heavy atom. The fourth-order valence-corrected chi connectivity index (χ4v) is 3.90. The Bertz CT molecular complexity index is 1010. The van der Waals surface area contributed by atoms with Gasteiger partial charge in [-0.05, 0) is 68.7 Å². The number of aliphatic hydroxyl groups is 1. The highest BCUT2D eigenvalue weighted by atomic mass is 16.5. The van der Waals surface area contributed by atoms with Crippen molar-refractivity contribution < 1.29 is 24.2 Å². The lowest BCUT2D eigenvalue weighted by Crippen LogP contribution is -2.30. The summed E-state index contributed by atoms with van der Waals surface area (Å²) >= 11 is 0. The van der Waals surface area contributed by atoms with Gasteiger partial charge in [-0.15, -0.1) is 0 Å². The van der Waals surface area contributed by atoms with Crippen molar-refractivity contribution >= 4 is 17.4 Å². The van der Waals surface area contributed by atoms with Crippen molar-refractivity contribution in [1.29, 1.82) is 0 Å². The predicted molar refractivity (Wildman–Crippen MR) is 128 cm³/mol. The van der Waals surface area contributed by atoms with Crippen molar-refractivity contribution in [3.63, 3.8) is 0 Å². The van der Waals surface area contributed by atoms with Crippen molar-refractivity contribution in [3.8, 4) is 11.5 Å². The molecule has 2 aromatic carbocycles. The largest absolute Gasteiger partial charge is 0.507 e. The lowest BCUT2D eigenvalue weighted by molar-refractivity contribution is -0.139. The summed E-state index contributed by atoms with van der Waals surface area (Å²) in [5.74, 6) is -0.105. The Morgan fingerprint density at radius 2 is 1.76 bits per heavy atom. The number of ether oxygens (including phenoxy) is 2. The summed E-state index contributed by atoms with van der Waals surface area (Å²) in [4.78, 5) is 27.6. The zero-order chi connectivity index (χ0) is 24.0. The molecule has 6 nitrogen and oxygen atoms in total. The first-order chi connectivity index (χ1) is 15.9. The summed E-state index contributed by atoms with van der Waals surface area (Å²) in [5.41, 5.74) is 1.30. The van der Waals surface area contributed by atoms with E-state index >= 15 is 0 Å². The van der Waals surface area contributed by atoms with E-state index in [1.165, 1.54) is 0 Å². The maximum atomic E-state index is 13.1. The highest BCUT2D eigenvalue weighted by Gasteiger charge is 2.45. The number of Topliss-reactive ketones (excluding diaryl/α,β-unsaturated/α-hetero) is 1. The third kappa shape index (κ3) is 5.56. The number of aliphatic hydroxyl groups excluding tert-OH is 1. The molecule has 1 heterocycles. The van der Waals surface area contributed by atoms with Crippen LogP contribution in [0.5, 0.6) is 11.5 Å². The van der Waals surface area contributed by atoms with Crippen LogP contribution in [0.4, 0.5) is 0 Å². The molecule has 1 saturated heterocycles. The van der Waals surface area contributed by atoms with E-state index in [2.05, 4.69) is 0 Å². The number of nitrogens with zero attached hydrogens (tertiary/aromatic N) is 1. The molecule has 1 atom stereocenters. The molecular formula is C27H33NO5. The lowest BCUT2D eigenvalue weighted by atomic mass is 9.95. The highest BCUT2D eigenvalue weighted by molar-refractivity contribution is 6.46. The smallest absolute Gasteiger partial charge is 0.295 e. The van der Waals surface area contributed by atoms with Gasteiger partial charge in [0.15, 0.2) is 0 Å². The molecule has 2 aromatic rings. The Kier molecular flexibility index (Phi) is 8.15. The van der Waals surface area contributed by atoms with Gasteiger partial charge in [0, 0.05) is 12.1 Å². The van der Waals surface area contributed by atoms with Gasteiger partial charge in [-0.25, -0.2) is 0 Å². The van der Waals surface area contributed by atoms with E-state index in [1.807, 2.05) is 52.0 Å². The van der Waals surface area contributed by atoms with Crippen molar-refractivity contribution in [2.45, 2.75) is 59.1 Å². The van der Waals surface area contributed by atoms with Crippen molar-refractivity contribution in [1.82, 2.24) is 4.90 Å². The van der Waals surface area contributed by atoms with E-state index in [0.717, 1.165) is 24.8 Å². The molecule has 0 saturated carbocycles. The Labute approximate surface area is 195 Å². The van der Waals surface area contributed by atoms with Crippen molar-refractivity contribution in [3.05, 3.63) is 65.2 Å². The summed E-state index contributed by atoms with van der Waals surface area (Å²) in [5, 5.41) is 11.2. The van der Waals surface area contributed by atoms with Gasteiger partial charge < -0.3 is 19.5 Å². The number of unbranched alkanes of at least 4 members (excludes halogenated alkanes) is 1. The molecule has 176 valence electrons.